The molecule has 0 heterocycles. The van der Waals surface area contributed by atoms with Crippen LogP contribution in [0.2, 0.25) is 0 Å². The van der Waals surface area contributed by atoms with Gasteiger partial charge in [0.2, 0.25) is 5.91 Å². The van der Waals surface area contributed by atoms with E-state index in [4.69, 9.17) is 10.5 Å². The number of methoxy groups -OCH3 is 1. The van der Waals surface area contributed by atoms with E-state index in [0.717, 1.165) is 19.4 Å². The summed E-state index contributed by atoms with van der Waals surface area (Å²) in [5, 5.41) is 0. The molecule has 1 aliphatic rings. The van der Waals surface area contributed by atoms with Crippen molar-refractivity contribution in [2.45, 2.75) is 32.7 Å². The van der Waals surface area contributed by atoms with Crippen molar-refractivity contribution in [1.82, 2.24) is 4.90 Å². The van der Waals surface area contributed by atoms with Crippen molar-refractivity contribution in [3.63, 3.8) is 0 Å². The van der Waals surface area contributed by atoms with Crippen molar-refractivity contribution < 1.29 is 9.53 Å². The topological polar surface area (TPSA) is 55.6 Å². The molecule has 0 aromatic carbocycles. The van der Waals surface area contributed by atoms with Crippen LogP contribution >= 0.6 is 0 Å². The molecular weight excluding hydrogens is 192 g/mol. The van der Waals surface area contributed by atoms with E-state index in [1.807, 2.05) is 18.7 Å². The molecule has 0 bridgehead atoms. The smallest absolute Gasteiger partial charge is 0.230 e. The number of carbonyl (C=O) groups excluding carboxylic acids is 1. The number of hydrogen-bond donors (Lipinski definition) is 1. The second-order valence-electron chi connectivity index (χ2n) is 4.38. The molecule has 88 valence electrons. The fraction of sp³-hybridized carbons (Fsp3) is 0.909. The first-order valence-electron chi connectivity index (χ1n) is 5.61. The molecule has 2 N–H and O–H groups in total. The van der Waals surface area contributed by atoms with Gasteiger partial charge in [0.15, 0.2) is 0 Å². The van der Waals surface area contributed by atoms with Gasteiger partial charge < -0.3 is 15.4 Å². The summed E-state index contributed by atoms with van der Waals surface area (Å²) in [5.41, 5.74) is 5.42. The zero-order valence-corrected chi connectivity index (χ0v) is 9.95. The van der Waals surface area contributed by atoms with Crippen molar-refractivity contribution >= 4 is 5.91 Å². The molecule has 0 spiro atoms. The van der Waals surface area contributed by atoms with Crippen molar-refractivity contribution in [3.05, 3.63) is 0 Å². The van der Waals surface area contributed by atoms with E-state index in [9.17, 15) is 4.79 Å². The van der Waals surface area contributed by atoms with Gasteiger partial charge in [0.1, 0.15) is 0 Å². The summed E-state index contributed by atoms with van der Waals surface area (Å²) >= 11 is 0. The molecular formula is C11H22N2O2. The van der Waals surface area contributed by atoms with Crippen LogP contribution in [-0.4, -0.2) is 43.7 Å². The maximum atomic E-state index is 12.2. The highest BCUT2D eigenvalue weighted by Gasteiger charge is 2.50. The number of amides is 1. The van der Waals surface area contributed by atoms with Crippen LogP contribution in [0.3, 0.4) is 0 Å². The summed E-state index contributed by atoms with van der Waals surface area (Å²) in [7, 11) is 1.66. The van der Waals surface area contributed by atoms with E-state index in [-0.39, 0.29) is 17.4 Å². The summed E-state index contributed by atoms with van der Waals surface area (Å²) in [6.07, 6.45) is 1.89. The number of nitrogens with zero attached hydrogens (tertiary/aromatic N) is 1. The molecule has 1 rings (SSSR count). The Labute approximate surface area is 91.8 Å². The summed E-state index contributed by atoms with van der Waals surface area (Å²) in [6, 6.07) is 0.136. The van der Waals surface area contributed by atoms with Crippen LogP contribution in [0.15, 0.2) is 0 Å². The van der Waals surface area contributed by atoms with Gasteiger partial charge in [-0.05, 0) is 26.7 Å². The van der Waals surface area contributed by atoms with Gasteiger partial charge in [-0.2, -0.15) is 0 Å². The molecule has 1 saturated carbocycles. The van der Waals surface area contributed by atoms with E-state index in [1.54, 1.807) is 7.11 Å². The Morgan fingerprint density at radius 3 is 2.53 bits per heavy atom. The molecule has 0 aromatic heterocycles. The Balaban J connectivity index is 2.62. The molecule has 1 fully saturated rings. The first-order chi connectivity index (χ1) is 7.11. The first-order valence-corrected chi connectivity index (χ1v) is 5.61. The largest absolute Gasteiger partial charge is 0.383 e. The third-order valence-corrected chi connectivity index (χ3v) is 3.24. The zero-order valence-electron chi connectivity index (χ0n) is 9.95. The van der Waals surface area contributed by atoms with Crippen LogP contribution in [0.5, 0.6) is 0 Å². The Kier molecular flexibility index (Phi) is 4.11. The van der Waals surface area contributed by atoms with Gasteiger partial charge in [-0.3, -0.25) is 4.79 Å². The van der Waals surface area contributed by atoms with Gasteiger partial charge >= 0.3 is 0 Å². The normalized spacial score (nSPS) is 19.7. The van der Waals surface area contributed by atoms with Crippen molar-refractivity contribution in [3.8, 4) is 0 Å². The molecule has 4 nitrogen and oxygen atoms in total. The summed E-state index contributed by atoms with van der Waals surface area (Å²) < 4.78 is 5.08. The number of nitrogens with two attached hydrogens (primary N) is 1. The Hall–Kier alpha value is -0.610. The molecule has 0 aromatic rings. The lowest BCUT2D eigenvalue weighted by molar-refractivity contribution is -0.139. The van der Waals surface area contributed by atoms with Crippen molar-refractivity contribution in [1.29, 1.82) is 0 Å². The number of ether oxygens (including phenoxy) is 1. The van der Waals surface area contributed by atoms with Gasteiger partial charge in [0.25, 0.3) is 0 Å². The summed E-state index contributed by atoms with van der Waals surface area (Å²) in [6.45, 7) is 5.79. The van der Waals surface area contributed by atoms with Crippen LogP contribution < -0.4 is 5.73 Å². The van der Waals surface area contributed by atoms with Gasteiger partial charge in [-0.25, -0.2) is 0 Å². The predicted molar refractivity (Wildman–Crippen MR) is 59.4 cm³/mol. The van der Waals surface area contributed by atoms with Gasteiger partial charge in [-0.15, -0.1) is 0 Å². The second-order valence-corrected chi connectivity index (χ2v) is 4.38. The SMILES string of the molecule is CCN(C(=O)C1(CN)CC1)C(C)COC. The minimum Gasteiger partial charge on any atom is -0.383 e. The molecule has 1 amide bonds. The summed E-state index contributed by atoms with van der Waals surface area (Å²) in [5.74, 6) is 0.206. The van der Waals surface area contributed by atoms with Crippen LogP contribution in [0.25, 0.3) is 0 Å². The first kappa shape index (κ1) is 12.5. The Morgan fingerprint density at radius 1 is 1.60 bits per heavy atom. The Bertz CT molecular complexity index is 227. The van der Waals surface area contributed by atoms with E-state index in [1.165, 1.54) is 0 Å². The molecule has 0 radical (unpaired) electrons. The zero-order chi connectivity index (χ0) is 11.5. The number of rotatable bonds is 6. The molecule has 0 saturated heterocycles. The average Bonchev–Trinajstić information content (AvgIpc) is 2.99. The lowest BCUT2D eigenvalue weighted by Crippen LogP contribution is -2.46. The monoisotopic (exact) mass is 214 g/mol. The Morgan fingerprint density at radius 2 is 2.20 bits per heavy atom. The fourth-order valence-corrected chi connectivity index (χ4v) is 1.95. The minimum absolute atomic E-state index is 0.136. The van der Waals surface area contributed by atoms with Crippen molar-refractivity contribution in [2.24, 2.45) is 11.1 Å². The molecule has 1 unspecified atom stereocenters. The minimum atomic E-state index is -0.238. The highest BCUT2D eigenvalue weighted by atomic mass is 16.5. The highest BCUT2D eigenvalue weighted by molar-refractivity contribution is 5.85. The lowest BCUT2D eigenvalue weighted by Gasteiger charge is -2.30. The van der Waals surface area contributed by atoms with Gasteiger partial charge in [-0.1, -0.05) is 0 Å². The highest BCUT2D eigenvalue weighted by Crippen LogP contribution is 2.46. The number of likely N-dealkylation sites (N-methyl/N-ethyl adjacent to an activating group) is 1. The third kappa shape index (κ3) is 2.49. The maximum Gasteiger partial charge on any atom is 0.230 e. The molecule has 4 heteroatoms. The number of carbonyl (C=O) groups is 1. The second kappa shape index (κ2) is 4.94. The van der Waals surface area contributed by atoms with E-state index >= 15 is 0 Å². The average molecular weight is 214 g/mol. The standard InChI is InChI=1S/C11H22N2O2/c1-4-13(9(2)7-15-3)10(14)11(8-12)5-6-11/h9H,4-8,12H2,1-3H3. The van der Waals surface area contributed by atoms with Gasteiger partial charge in [0, 0.05) is 20.2 Å². The van der Waals surface area contributed by atoms with Crippen molar-refractivity contribution in [2.75, 3.05) is 26.8 Å². The predicted octanol–water partition coefficient (Wildman–Crippen LogP) is 0.609. The fourth-order valence-electron chi connectivity index (χ4n) is 1.95. The van der Waals surface area contributed by atoms with Gasteiger partial charge in [0.05, 0.1) is 18.1 Å². The third-order valence-electron chi connectivity index (χ3n) is 3.24. The van der Waals surface area contributed by atoms with Crippen LogP contribution in [0, 0.1) is 5.41 Å². The number of hydrogen-bond acceptors (Lipinski definition) is 3. The molecule has 15 heavy (non-hydrogen) atoms. The summed E-state index contributed by atoms with van der Waals surface area (Å²) in [4.78, 5) is 14.1. The van der Waals surface area contributed by atoms with Crippen LogP contribution in [0.4, 0.5) is 0 Å². The van der Waals surface area contributed by atoms with E-state index in [2.05, 4.69) is 0 Å². The molecule has 1 aliphatic carbocycles. The van der Waals surface area contributed by atoms with Crippen LogP contribution in [0.1, 0.15) is 26.7 Å². The van der Waals surface area contributed by atoms with E-state index < -0.39 is 0 Å². The molecule has 1 atom stereocenters. The molecule has 0 aliphatic heterocycles. The lowest BCUT2D eigenvalue weighted by atomic mass is 10.0. The van der Waals surface area contributed by atoms with E-state index in [0.29, 0.717) is 13.2 Å². The van der Waals surface area contributed by atoms with Crippen LogP contribution in [-0.2, 0) is 9.53 Å². The maximum absolute atomic E-state index is 12.2. The quantitative estimate of drug-likeness (QED) is 0.704.